The Morgan fingerprint density at radius 2 is 0.725 bits per heavy atom. The fraction of sp³-hybridized carbons (Fsp3) is 0.0159. The lowest BCUT2D eigenvalue weighted by Gasteiger charge is -2.14. The third kappa shape index (κ3) is 7.23. The van der Waals surface area contributed by atoms with Gasteiger partial charge in [0.05, 0.1) is 27.6 Å². The second-order valence-electron chi connectivity index (χ2n) is 17.5. The van der Waals surface area contributed by atoms with Gasteiger partial charge in [0.2, 0.25) is 11.7 Å². The molecule has 0 saturated carbocycles. The molecule has 1 aliphatic heterocycles. The molecule has 0 spiro atoms. The molecule has 0 amide bonds. The molecule has 6 heteroatoms. The number of rotatable bonds is 9. The lowest BCUT2D eigenvalue weighted by Crippen LogP contribution is -2.10. The first kappa shape index (κ1) is 40.1. The van der Waals surface area contributed by atoms with Gasteiger partial charge in [-0.3, -0.25) is 9.13 Å². The molecule has 13 rings (SSSR count). The third-order valence-electron chi connectivity index (χ3n) is 13.3. The molecule has 12 aromatic rings. The van der Waals surface area contributed by atoms with Crippen molar-refractivity contribution in [2.75, 3.05) is 0 Å². The predicted octanol–water partition coefficient (Wildman–Crippen LogP) is 16.2. The molecule has 0 aliphatic carbocycles. The normalized spacial score (nSPS) is 13.2. The van der Waals surface area contributed by atoms with Crippen molar-refractivity contribution in [1.82, 2.24) is 19.1 Å². The van der Waals surface area contributed by atoms with Crippen LogP contribution in [0.25, 0.3) is 89.6 Å². The molecule has 0 radical (unpaired) electrons. The average Bonchev–Trinajstić information content (AvgIpc) is 4.14. The molecular weight excluding hydrogens is 841 g/mol. The van der Waals surface area contributed by atoms with E-state index >= 15 is 0 Å². The van der Waals surface area contributed by atoms with Gasteiger partial charge in [-0.1, -0.05) is 156 Å². The topological polar surface area (TPSA) is 51.0 Å². The minimum absolute atomic E-state index is 0.0117. The van der Waals surface area contributed by atoms with Crippen molar-refractivity contribution in [2.24, 2.45) is 5.11 Å². The van der Waals surface area contributed by atoms with Crippen molar-refractivity contribution in [3.8, 4) is 67.5 Å². The summed E-state index contributed by atoms with van der Waals surface area (Å²) < 4.78 is 6.66. The highest BCUT2D eigenvalue weighted by atomic mass is 15.3. The molecule has 0 fully saturated rings. The molecule has 0 saturated heterocycles. The number of fused-ring (bicyclic) bond motifs is 3. The summed E-state index contributed by atoms with van der Waals surface area (Å²) in [4.78, 5) is 10.3. The predicted molar refractivity (Wildman–Crippen MR) is 280 cm³/mol. The van der Waals surface area contributed by atoms with Crippen molar-refractivity contribution in [3.05, 3.63) is 266 Å². The largest absolute Gasteiger partial charge is 0.292 e. The van der Waals surface area contributed by atoms with E-state index < -0.39 is 0 Å². The van der Waals surface area contributed by atoms with Crippen LogP contribution in [0.1, 0.15) is 17.2 Å². The van der Waals surface area contributed by atoms with Crippen molar-refractivity contribution in [1.29, 1.82) is 0 Å². The standard InChI is InChI=1S/C63H43N6/c1-4-16-46(17-5-1)61-55-22-10-11-23-56(55)66-69(61)54-38-36-45(37-39-54)51-41-49(43-28-32-47(33-29-43)62-64-57-24-12-14-26-59(57)67(62)52-18-6-2-7-19-52)40-50(42-51)44-30-34-48(35-31-44)63-65-58-25-13-15-27-60(58)68(63)53-20-8-3-9-21-53/h1-42,61H/q+1. The fourth-order valence-electron chi connectivity index (χ4n) is 9.95. The zero-order valence-corrected chi connectivity index (χ0v) is 37.5. The number of aromatic nitrogens is 4. The van der Waals surface area contributed by atoms with Crippen molar-refractivity contribution >= 4 is 33.4 Å². The van der Waals surface area contributed by atoms with Crippen LogP contribution >= 0.6 is 0 Å². The summed E-state index contributed by atoms with van der Waals surface area (Å²) in [5.74, 6) is 1.82. The highest BCUT2D eigenvalue weighted by Gasteiger charge is 2.37. The van der Waals surface area contributed by atoms with E-state index in [0.717, 1.165) is 101 Å². The van der Waals surface area contributed by atoms with Crippen LogP contribution in [-0.2, 0) is 0 Å². The third-order valence-corrected chi connectivity index (χ3v) is 13.3. The summed E-state index contributed by atoms with van der Waals surface area (Å²) >= 11 is 0. The van der Waals surface area contributed by atoms with Crippen LogP contribution < -0.4 is 0 Å². The molecule has 0 N–H and O–H groups in total. The summed E-state index contributed by atoms with van der Waals surface area (Å²) in [6.45, 7) is 0. The second kappa shape index (κ2) is 16.9. The molecule has 10 aromatic carbocycles. The summed E-state index contributed by atoms with van der Waals surface area (Å²) in [5, 5.41) is 5.14. The first-order valence-corrected chi connectivity index (χ1v) is 23.4. The van der Waals surface area contributed by atoms with Gasteiger partial charge in [-0.2, -0.15) is 0 Å². The van der Waals surface area contributed by atoms with Crippen LogP contribution in [-0.4, -0.2) is 23.8 Å². The molecular formula is C63H43N6+. The van der Waals surface area contributed by atoms with Gasteiger partial charge in [0.25, 0.3) is 0 Å². The Kier molecular flexibility index (Phi) is 9.79. The molecule has 69 heavy (non-hydrogen) atoms. The number of benzene rings is 10. The van der Waals surface area contributed by atoms with Gasteiger partial charge in [-0.05, 0) is 124 Å². The van der Waals surface area contributed by atoms with Gasteiger partial charge in [0.15, 0.2) is 0 Å². The minimum atomic E-state index is -0.0117. The molecule has 1 unspecified atom stereocenters. The van der Waals surface area contributed by atoms with Gasteiger partial charge in [0.1, 0.15) is 17.3 Å². The number of nitrogens with zero attached hydrogens (tertiary/aromatic N) is 6. The van der Waals surface area contributed by atoms with Crippen molar-refractivity contribution < 1.29 is 4.70 Å². The molecule has 2 aromatic heterocycles. The number of hydrogen-bond donors (Lipinski definition) is 0. The fourth-order valence-corrected chi connectivity index (χ4v) is 9.95. The Hall–Kier alpha value is -9.26. The molecule has 0 bridgehead atoms. The van der Waals surface area contributed by atoms with Gasteiger partial charge in [-0.25, -0.2) is 9.97 Å². The van der Waals surface area contributed by atoms with E-state index in [1.165, 1.54) is 11.1 Å². The van der Waals surface area contributed by atoms with Gasteiger partial charge in [-0.15, -0.1) is 0 Å². The van der Waals surface area contributed by atoms with Gasteiger partial charge < -0.3 is 0 Å². The maximum Gasteiger partial charge on any atom is 0.237 e. The van der Waals surface area contributed by atoms with Crippen LogP contribution in [0.5, 0.6) is 0 Å². The zero-order chi connectivity index (χ0) is 45.7. The van der Waals surface area contributed by atoms with Gasteiger partial charge in [0, 0.05) is 45.3 Å². The van der Waals surface area contributed by atoms with E-state index in [1.54, 1.807) is 0 Å². The van der Waals surface area contributed by atoms with E-state index in [4.69, 9.17) is 15.1 Å². The van der Waals surface area contributed by atoms with E-state index in [2.05, 4.69) is 256 Å². The monoisotopic (exact) mass is 883 g/mol. The maximum absolute atomic E-state index is 5.15. The minimum Gasteiger partial charge on any atom is -0.292 e. The first-order valence-electron chi connectivity index (χ1n) is 23.4. The summed E-state index contributed by atoms with van der Waals surface area (Å²) in [6, 6.07) is 90.2. The van der Waals surface area contributed by atoms with Crippen LogP contribution in [0, 0.1) is 0 Å². The van der Waals surface area contributed by atoms with Gasteiger partial charge >= 0.3 is 0 Å². The Labute approximate surface area is 400 Å². The number of hydrogen-bond acceptors (Lipinski definition) is 3. The summed E-state index contributed by atoms with van der Waals surface area (Å²) in [6.07, 6.45) is 0. The Bertz CT molecular complexity index is 3670. The second-order valence-corrected chi connectivity index (χ2v) is 17.5. The quantitative estimate of drug-likeness (QED) is 0.136. The SMILES string of the molecule is c1ccc(C2c3ccccc3N=[N+]2c2ccc(-c3cc(-c4ccc(-c5nc6ccccc6n5-c5ccccc5)cc4)cc(-c4ccc(-c5nc6ccccc6n5-c5ccccc5)cc4)c3)cc2)cc1. The first-order chi connectivity index (χ1) is 34.2. The number of para-hydroxylation sites is 6. The molecule has 1 atom stereocenters. The van der Waals surface area contributed by atoms with Crippen LogP contribution in [0.4, 0.5) is 11.4 Å². The molecule has 324 valence electrons. The van der Waals surface area contributed by atoms with E-state index in [-0.39, 0.29) is 6.04 Å². The number of imidazole rings is 2. The molecule has 3 heterocycles. The Morgan fingerprint density at radius 1 is 0.333 bits per heavy atom. The van der Waals surface area contributed by atoms with E-state index in [9.17, 15) is 0 Å². The average molecular weight is 884 g/mol. The zero-order valence-electron chi connectivity index (χ0n) is 37.5. The Balaban J connectivity index is 0.902. The van der Waals surface area contributed by atoms with E-state index in [0.29, 0.717) is 0 Å². The highest BCUT2D eigenvalue weighted by molar-refractivity contribution is 5.87. The van der Waals surface area contributed by atoms with Crippen LogP contribution in [0.2, 0.25) is 0 Å². The summed E-state index contributed by atoms with van der Waals surface area (Å²) in [7, 11) is 0. The molecule has 1 aliphatic rings. The van der Waals surface area contributed by atoms with Crippen LogP contribution in [0.15, 0.2) is 260 Å². The van der Waals surface area contributed by atoms with E-state index in [1.807, 2.05) is 12.1 Å². The van der Waals surface area contributed by atoms with Crippen molar-refractivity contribution in [2.45, 2.75) is 6.04 Å². The Morgan fingerprint density at radius 3 is 1.22 bits per heavy atom. The molecule has 6 nitrogen and oxygen atoms in total. The maximum atomic E-state index is 5.15. The lowest BCUT2D eigenvalue weighted by atomic mass is 9.92. The smallest absolute Gasteiger partial charge is 0.237 e. The lowest BCUT2D eigenvalue weighted by molar-refractivity contribution is -0.536. The van der Waals surface area contributed by atoms with Crippen LogP contribution in [0.3, 0.4) is 0 Å². The van der Waals surface area contributed by atoms with Crippen molar-refractivity contribution in [3.63, 3.8) is 0 Å². The summed E-state index contributed by atoms with van der Waals surface area (Å²) in [5.41, 5.74) is 19.5. The highest BCUT2D eigenvalue weighted by Crippen LogP contribution is 2.44. The number of azo groups is 2.